The topological polar surface area (TPSA) is 54.9 Å². The van der Waals surface area contributed by atoms with Crippen LogP contribution in [0.3, 0.4) is 0 Å². The van der Waals surface area contributed by atoms with Gasteiger partial charge < -0.3 is 15.4 Å². The standard InChI is InChI=1S/C18H21FN2O2/c1-12-7-8-17(23-3)16(9-12)21-18(22)11-20-13(2)14-5-4-6-15(19)10-14/h4-10,13,20H,11H2,1-3H3,(H,21,22)/p+1/t13-/m0/s1. The van der Waals surface area contributed by atoms with Gasteiger partial charge in [0.05, 0.1) is 12.8 Å². The van der Waals surface area contributed by atoms with Crippen LogP contribution in [-0.4, -0.2) is 19.6 Å². The molecule has 23 heavy (non-hydrogen) atoms. The summed E-state index contributed by atoms with van der Waals surface area (Å²) in [6.07, 6.45) is 0. The molecule has 0 aliphatic rings. The van der Waals surface area contributed by atoms with Crippen LogP contribution in [-0.2, 0) is 4.79 Å². The van der Waals surface area contributed by atoms with Crippen molar-refractivity contribution in [3.05, 3.63) is 59.4 Å². The van der Waals surface area contributed by atoms with Crippen molar-refractivity contribution in [2.45, 2.75) is 19.9 Å². The van der Waals surface area contributed by atoms with Crippen molar-refractivity contribution in [2.75, 3.05) is 19.0 Å². The maximum atomic E-state index is 13.2. The Kier molecular flexibility index (Phi) is 5.71. The number of nitrogens with two attached hydrogens (primary N) is 1. The van der Waals surface area contributed by atoms with Gasteiger partial charge in [-0.25, -0.2) is 4.39 Å². The molecule has 0 aliphatic heterocycles. The molecule has 0 saturated heterocycles. The number of hydrogen-bond donors (Lipinski definition) is 2. The molecule has 2 rings (SSSR count). The SMILES string of the molecule is COc1ccc(C)cc1NC(=O)C[NH2+][C@@H](C)c1cccc(F)c1. The predicted molar refractivity (Wildman–Crippen MR) is 88.0 cm³/mol. The molecule has 1 amide bonds. The number of ether oxygens (including phenoxy) is 1. The van der Waals surface area contributed by atoms with Crippen LogP contribution in [0, 0.1) is 12.7 Å². The lowest BCUT2D eigenvalue weighted by atomic mass is 10.1. The summed E-state index contributed by atoms with van der Waals surface area (Å²) >= 11 is 0. The molecule has 0 unspecified atom stereocenters. The molecule has 5 heteroatoms. The minimum atomic E-state index is -0.267. The molecule has 0 aliphatic carbocycles. The summed E-state index contributed by atoms with van der Waals surface area (Å²) in [5.41, 5.74) is 2.55. The molecule has 0 saturated carbocycles. The minimum absolute atomic E-state index is 0.00384. The summed E-state index contributed by atoms with van der Waals surface area (Å²) in [6.45, 7) is 4.14. The second kappa shape index (κ2) is 7.74. The van der Waals surface area contributed by atoms with Crippen molar-refractivity contribution in [1.29, 1.82) is 0 Å². The summed E-state index contributed by atoms with van der Waals surface area (Å²) in [5.74, 6) is 0.232. The van der Waals surface area contributed by atoms with Gasteiger partial charge in [0.2, 0.25) is 0 Å². The Labute approximate surface area is 135 Å². The molecule has 0 radical (unpaired) electrons. The molecule has 0 fully saturated rings. The average Bonchev–Trinajstić information content (AvgIpc) is 2.53. The van der Waals surface area contributed by atoms with Crippen molar-refractivity contribution in [2.24, 2.45) is 0 Å². The highest BCUT2D eigenvalue weighted by atomic mass is 19.1. The lowest BCUT2D eigenvalue weighted by Gasteiger charge is -2.13. The third-order valence-corrected chi connectivity index (χ3v) is 3.66. The molecule has 0 heterocycles. The first-order valence-electron chi connectivity index (χ1n) is 7.53. The van der Waals surface area contributed by atoms with Gasteiger partial charge in [0, 0.05) is 5.56 Å². The summed E-state index contributed by atoms with van der Waals surface area (Å²) in [6, 6.07) is 12.0. The number of methoxy groups -OCH3 is 1. The quantitative estimate of drug-likeness (QED) is 0.859. The van der Waals surface area contributed by atoms with E-state index in [1.54, 1.807) is 13.2 Å². The average molecular weight is 317 g/mol. The molecule has 1 atom stereocenters. The predicted octanol–water partition coefficient (Wildman–Crippen LogP) is 2.41. The number of amides is 1. The Bertz CT molecular complexity index is 688. The van der Waals surface area contributed by atoms with E-state index in [1.165, 1.54) is 12.1 Å². The first-order chi connectivity index (χ1) is 11.0. The summed E-state index contributed by atoms with van der Waals surface area (Å²) in [7, 11) is 1.57. The van der Waals surface area contributed by atoms with Crippen molar-refractivity contribution < 1.29 is 19.2 Å². The largest absolute Gasteiger partial charge is 0.495 e. The lowest BCUT2D eigenvalue weighted by Crippen LogP contribution is -2.86. The van der Waals surface area contributed by atoms with Gasteiger partial charge >= 0.3 is 0 Å². The van der Waals surface area contributed by atoms with Gasteiger partial charge in [0.15, 0.2) is 6.54 Å². The van der Waals surface area contributed by atoms with E-state index in [9.17, 15) is 9.18 Å². The summed E-state index contributed by atoms with van der Waals surface area (Å²) in [5, 5.41) is 4.72. The van der Waals surface area contributed by atoms with Crippen molar-refractivity contribution in [3.8, 4) is 5.75 Å². The third-order valence-electron chi connectivity index (χ3n) is 3.66. The van der Waals surface area contributed by atoms with Crippen molar-refractivity contribution in [3.63, 3.8) is 0 Å². The number of hydrogen-bond acceptors (Lipinski definition) is 2. The monoisotopic (exact) mass is 317 g/mol. The van der Waals surface area contributed by atoms with E-state index in [1.807, 2.05) is 43.4 Å². The molecular weight excluding hydrogens is 295 g/mol. The lowest BCUT2D eigenvalue weighted by molar-refractivity contribution is -0.682. The van der Waals surface area contributed by atoms with Gasteiger partial charge in [-0.05, 0) is 43.7 Å². The molecule has 122 valence electrons. The zero-order valence-electron chi connectivity index (χ0n) is 13.6. The zero-order chi connectivity index (χ0) is 16.8. The number of carbonyl (C=O) groups excluding carboxylic acids is 1. The third kappa shape index (κ3) is 4.79. The van der Waals surface area contributed by atoms with Gasteiger partial charge in [-0.2, -0.15) is 0 Å². The Morgan fingerprint density at radius 3 is 2.78 bits per heavy atom. The number of carbonyl (C=O) groups is 1. The fourth-order valence-electron chi connectivity index (χ4n) is 2.33. The number of quaternary nitrogens is 1. The van der Waals surface area contributed by atoms with Gasteiger partial charge in [-0.15, -0.1) is 0 Å². The van der Waals surface area contributed by atoms with Gasteiger partial charge in [0.1, 0.15) is 17.6 Å². The van der Waals surface area contributed by atoms with Crippen molar-refractivity contribution in [1.82, 2.24) is 0 Å². The van der Waals surface area contributed by atoms with Crippen LogP contribution in [0.4, 0.5) is 10.1 Å². The number of rotatable bonds is 6. The highest BCUT2D eigenvalue weighted by Crippen LogP contribution is 2.24. The molecule has 0 aromatic heterocycles. The van der Waals surface area contributed by atoms with Crippen LogP contribution in [0.2, 0.25) is 0 Å². The molecule has 2 aromatic rings. The van der Waals surface area contributed by atoms with Gasteiger partial charge in [0.25, 0.3) is 5.91 Å². The highest BCUT2D eigenvalue weighted by Gasteiger charge is 2.13. The fraction of sp³-hybridized carbons (Fsp3) is 0.278. The van der Waals surface area contributed by atoms with E-state index in [-0.39, 0.29) is 24.3 Å². The van der Waals surface area contributed by atoms with E-state index < -0.39 is 0 Å². The van der Waals surface area contributed by atoms with E-state index >= 15 is 0 Å². The maximum Gasteiger partial charge on any atom is 0.279 e. The van der Waals surface area contributed by atoms with Gasteiger partial charge in [-0.1, -0.05) is 18.2 Å². The Balaban J connectivity index is 1.94. The Hall–Kier alpha value is -2.40. The molecule has 4 nitrogen and oxygen atoms in total. The van der Waals surface area contributed by atoms with Crippen LogP contribution in [0.1, 0.15) is 24.1 Å². The second-order valence-corrected chi connectivity index (χ2v) is 5.54. The second-order valence-electron chi connectivity index (χ2n) is 5.54. The van der Waals surface area contributed by atoms with E-state index in [2.05, 4.69) is 5.32 Å². The van der Waals surface area contributed by atoms with Crippen molar-refractivity contribution >= 4 is 11.6 Å². The zero-order valence-corrected chi connectivity index (χ0v) is 13.6. The summed E-state index contributed by atoms with van der Waals surface area (Å²) in [4.78, 5) is 12.1. The first kappa shape index (κ1) is 17.0. The highest BCUT2D eigenvalue weighted by molar-refractivity contribution is 5.93. The number of anilines is 1. The molecule has 3 N–H and O–H groups in total. The number of aryl methyl sites for hydroxylation is 1. The number of benzene rings is 2. The van der Waals surface area contributed by atoms with E-state index in [0.29, 0.717) is 11.4 Å². The maximum absolute atomic E-state index is 13.2. The smallest absolute Gasteiger partial charge is 0.279 e. The van der Waals surface area contributed by atoms with E-state index in [4.69, 9.17) is 4.74 Å². The van der Waals surface area contributed by atoms with Crippen LogP contribution < -0.4 is 15.4 Å². The van der Waals surface area contributed by atoms with Gasteiger partial charge in [-0.3, -0.25) is 4.79 Å². The van der Waals surface area contributed by atoms with Crippen LogP contribution in [0.25, 0.3) is 0 Å². The normalized spacial score (nSPS) is 11.8. The molecule has 0 bridgehead atoms. The van der Waals surface area contributed by atoms with Crippen LogP contribution in [0.15, 0.2) is 42.5 Å². The number of halogens is 1. The Morgan fingerprint density at radius 2 is 2.09 bits per heavy atom. The van der Waals surface area contributed by atoms with Crippen LogP contribution >= 0.6 is 0 Å². The number of nitrogens with one attached hydrogen (secondary N) is 1. The molecule has 0 spiro atoms. The Morgan fingerprint density at radius 1 is 1.30 bits per heavy atom. The summed E-state index contributed by atoms with van der Waals surface area (Å²) < 4.78 is 18.5. The van der Waals surface area contributed by atoms with Crippen LogP contribution in [0.5, 0.6) is 5.75 Å². The van der Waals surface area contributed by atoms with E-state index in [0.717, 1.165) is 11.1 Å². The molecule has 2 aromatic carbocycles. The first-order valence-corrected chi connectivity index (χ1v) is 7.53. The minimum Gasteiger partial charge on any atom is -0.495 e. The molecular formula is C18H22FN2O2+. The fourth-order valence-corrected chi connectivity index (χ4v) is 2.33.